The Hall–Kier alpha value is -3.35. The fourth-order valence-electron chi connectivity index (χ4n) is 3.07. The van der Waals surface area contributed by atoms with E-state index in [0.29, 0.717) is 6.42 Å². The van der Waals surface area contributed by atoms with Gasteiger partial charge in [0.05, 0.1) is 7.11 Å². The number of methoxy groups -OCH3 is 1. The van der Waals surface area contributed by atoms with Gasteiger partial charge in [-0.2, -0.15) is 0 Å². The van der Waals surface area contributed by atoms with Crippen LogP contribution in [0.1, 0.15) is 31.4 Å². The van der Waals surface area contributed by atoms with Crippen molar-refractivity contribution in [3.05, 3.63) is 71.8 Å². The normalized spacial score (nSPS) is 12.5. The van der Waals surface area contributed by atoms with Gasteiger partial charge in [0.1, 0.15) is 18.7 Å². The number of carbonyl (C=O) groups is 3. The third-order valence-corrected chi connectivity index (χ3v) is 4.61. The van der Waals surface area contributed by atoms with Crippen LogP contribution in [-0.2, 0) is 32.1 Å². The SMILES string of the molecule is COC(=O)C(Cc1ccccc1)NC(=O)[C@H](CC(C)C)NC(=O)OCc1ccccc1. The molecule has 7 heteroatoms. The third kappa shape index (κ3) is 8.50. The van der Waals surface area contributed by atoms with E-state index in [-0.39, 0.29) is 18.9 Å². The van der Waals surface area contributed by atoms with Gasteiger partial charge in [0.25, 0.3) is 0 Å². The van der Waals surface area contributed by atoms with Crippen molar-refractivity contribution < 1.29 is 23.9 Å². The number of benzene rings is 2. The third-order valence-electron chi connectivity index (χ3n) is 4.61. The zero-order valence-corrected chi connectivity index (χ0v) is 18.2. The molecule has 2 N–H and O–H groups in total. The van der Waals surface area contributed by atoms with Crippen LogP contribution in [0.2, 0.25) is 0 Å². The maximum absolute atomic E-state index is 12.9. The zero-order valence-electron chi connectivity index (χ0n) is 18.2. The van der Waals surface area contributed by atoms with Gasteiger partial charge in [0.2, 0.25) is 5.91 Å². The molecule has 0 saturated heterocycles. The van der Waals surface area contributed by atoms with E-state index in [2.05, 4.69) is 10.6 Å². The number of carbonyl (C=O) groups excluding carboxylic acids is 3. The molecule has 166 valence electrons. The molecular formula is C24H30N2O5. The molecule has 2 aromatic rings. The fraction of sp³-hybridized carbons (Fsp3) is 0.375. The molecule has 0 radical (unpaired) electrons. The molecule has 0 spiro atoms. The lowest BCUT2D eigenvalue weighted by atomic mass is 10.0. The quantitative estimate of drug-likeness (QED) is 0.569. The number of esters is 1. The van der Waals surface area contributed by atoms with Crippen molar-refractivity contribution in [1.82, 2.24) is 10.6 Å². The largest absolute Gasteiger partial charge is 0.467 e. The van der Waals surface area contributed by atoms with Crippen molar-refractivity contribution in [1.29, 1.82) is 0 Å². The van der Waals surface area contributed by atoms with Gasteiger partial charge in [-0.05, 0) is 23.5 Å². The van der Waals surface area contributed by atoms with E-state index < -0.39 is 30.1 Å². The van der Waals surface area contributed by atoms with E-state index in [9.17, 15) is 14.4 Å². The first-order valence-electron chi connectivity index (χ1n) is 10.3. The van der Waals surface area contributed by atoms with Gasteiger partial charge >= 0.3 is 12.1 Å². The number of nitrogens with one attached hydrogen (secondary N) is 2. The summed E-state index contributed by atoms with van der Waals surface area (Å²) in [7, 11) is 1.28. The van der Waals surface area contributed by atoms with Crippen molar-refractivity contribution in [2.75, 3.05) is 7.11 Å². The molecule has 0 aliphatic heterocycles. The molecule has 0 fully saturated rings. The first kappa shape index (κ1) is 23.9. The Bertz CT molecular complexity index is 840. The average molecular weight is 427 g/mol. The smallest absolute Gasteiger partial charge is 0.408 e. The van der Waals surface area contributed by atoms with Crippen LogP contribution in [0.25, 0.3) is 0 Å². The van der Waals surface area contributed by atoms with Crippen LogP contribution < -0.4 is 10.6 Å². The van der Waals surface area contributed by atoms with Crippen molar-refractivity contribution >= 4 is 18.0 Å². The van der Waals surface area contributed by atoms with Crippen LogP contribution in [0, 0.1) is 5.92 Å². The summed E-state index contributed by atoms with van der Waals surface area (Å²) in [6.45, 7) is 3.99. The fourth-order valence-corrected chi connectivity index (χ4v) is 3.07. The van der Waals surface area contributed by atoms with Crippen molar-refractivity contribution in [3.8, 4) is 0 Å². The van der Waals surface area contributed by atoms with Gasteiger partial charge in [-0.3, -0.25) is 4.79 Å². The molecule has 2 amide bonds. The Morgan fingerprint density at radius 1 is 0.839 bits per heavy atom. The van der Waals surface area contributed by atoms with Crippen LogP contribution in [0.5, 0.6) is 0 Å². The lowest BCUT2D eigenvalue weighted by molar-refractivity contribution is -0.145. The second-order valence-electron chi connectivity index (χ2n) is 7.66. The van der Waals surface area contributed by atoms with Crippen LogP contribution in [0.3, 0.4) is 0 Å². The molecule has 7 nitrogen and oxygen atoms in total. The minimum Gasteiger partial charge on any atom is -0.467 e. The van der Waals surface area contributed by atoms with Gasteiger partial charge in [-0.1, -0.05) is 74.5 Å². The summed E-state index contributed by atoms with van der Waals surface area (Å²) in [6.07, 6.45) is -0.0141. The number of hydrogen-bond donors (Lipinski definition) is 2. The number of rotatable bonds is 10. The van der Waals surface area contributed by atoms with Gasteiger partial charge in [0.15, 0.2) is 0 Å². The number of amides is 2. The summed E-state index contributed by atoms with van der Waals surface area (Å²) < 4.78 is 10.1. The summed E-state index contributed by atoms with van der Waals surface area (Å²) in [5, 5.41) is 5.34. The summed E-state index contributed by atoms with van der Waals surface area (Å²) in [5.74, 6) is -0.875. The minimum atomic E-state index is -0.864. The van der Waals surface area contributed by atoms with Gasteiger partial charge in [-0.25, -0.2) is 9.59 Å². The van der Waals surface area contributed by atoms with Crippen LogP contribution >= 0.6 is 0 Å². The van der Waals surface area contributed by atoms with E-state index >= 15 is 0 Å². The lowest BCUT2D eigenvalue weighted by Gasteiger charge is -2.23. The number of ether oxygens (including phenoxy) is 2. The van der Waals surface area contributed by atoms with E-state index in [4.69, 9.17) is 9.47 Å². The Kier molecular flexibility index (Phi) is 9.55. The molecule has 0 aromatic heterocycles. The van der Waals surface area contributed by atoms with Crippen LogP contribution in [-0.4, -0.2) is 37.2 Å². The molecular weight excluding hydrogens is 396 g/mol. The van der Waals surface area contributed by atoms with Crippen molar-refractivity contribution in [2.45, 2.75) is 45.4 Å². The Labute approximate surface area is 183 Å². The molecule has 0 heterocycles. The molecule has 2 rings (SSSR count). The molecule has 2 atom stereocenters. The summed E-state index contributed by atoms with van der Waals surface area (Å²) >= 11 is 0. The summed E-state index contributed by atoms with van der Waals surface area (Å²) in [4.78, 5) is 37.4. The summed E-state index contributed by atoms with van der Waals surface area (Å²) in [6, 6.07) is 16.9. The van der Waals surface area contributed by atoms with Gasteiger partial charge in [0, 0.05) is 6.42 Å². The topological polar surface area (TPSA) is 93.7 Å². The van der Waals surface area contributed by atoms with E-state index in [1.165, 1.54) is 7.11 Å². The van der Waals surface area contributed by atoms with Gasteiger partial charge < -0.3 is 20.1 Å². The molecule has 1 unspecified atom stereocenters. The van der Waals surface area contributed by atoms with E-state index in [1.54, 1.807) is 0 Å². The highest BCUT2D eigenvalue weighted by Gasteiger charge is 2.28. The second kappa shape index (κ2) is 12.4. The predicted molar refractivity (Wildman–Crippen MR) is 117 cm³/mol. The monoisotopic (exact) mass is 426 g/mol. The maximum atomic E-state index is 12.9. The molecule has 0 bridgehead atoms. The van der Waals surface area contributed by atoms with Crippen molar-refractivity contribution in [3.63, 3.8) is 0 Å². The highest BCUT2D eigenvalue weighted by Crippen LogP contribution is 2.09. The molecule has 0 saturated carbocycles. The summed E-state index contributed by atoms with van der Waals surface area (Å²) in [5.41, 5.74) is 1.73. The predicted octanol–water partition coefficient (Wildman–Crippen LogP) is 3.23. The second-order valence-corrected chi connectivity index (χ2v) is 7.66. The standard InChI is InChI=1S/C24H30N2O5/c1-17(2)14-20(26-24(29)31-16-19-12-8-5-9-13-19)22(27)25-21(23(28)30-3)15-18-10-6-4-7-11-18/h4-13,17,20-21H,14-16H2,1-3H3,(H,25,27)(H,26,29)/t20-,21?/m0/s1. The molecule has 0 aliphatic carbocycles. The minimum absolute atomic E-state index is 0.0987. The van der Waals surface area contributed by atoms with E-state index in [1.807, 2.05) is 74.5 Å². The molecule has 0 aliphatic rings. The average Bonchev–Trinajstić information content (AvgIpc) is 2.77. The first-order chi connectivity index (χ1) is 14.9. The van der Waals surface area contributed by atoms with Crippen molar-refractivity contribution in [2.24, 2.45) is 5.92 Å². The Morgan fingerprint density at radius 2 is 1.42 bits per heavy atom. The molecule has 31 heavy (non-hydrogen) atoms. The number of alkyl carbamates (subject to hydrolysis) is 1. The highest BCUT2D eigenvalue weighted by molar-refractivity contribution is 5.89. The van der Waals surface area contributed by atoms with Crippen LogP contribution in [0.4, 0.5) is 4.79 Å². The Balaban J connectivity index is 2.01. The highest BCUT2D eigenvalue weighted by atomic mass is 16.5. The number of hydrogen-bond acceptors (Lipinski definition) is 5. The maximum Gasteiger partial charge on any atom is 0.408 e. The Morgan fingerprint density at radius 3 is 1.97 bits per heavy atom. The van der Waals surface area contributed by atoms with Crippen LogP contribution in [0.15, 0.2) is 60.7 Å². The van der Waals surface area contributed by atoms with E-state index in [0.717, 1.165) is 11.1 Å². The van der Waals surface area contributed by atoms with Gasteiger partial charge in [-0.15, -0.1) is 0 Å². The first-order valence-corrected chi connectivity index (χ1v) is 10.3. The lowest BCUT2D eigenvalue weighted by Crippen LogP contribution is -2.53. The zero-order chi connectivity index (χ0) is 22.6. The molecule has 2 aromatic carbocycles.